The first-order chi connectivity index (χ1) is 12.7. The fourth-order valence-corrected chi connectivity index (χ4v) is 2.27. The summed E-state index contributed by atoms with van der Waals surface area (Å²) in [5.74, 6) is 1.92. The molecule has 1 N–H and O–H groups in total. The molecule has 3 rings (SSSR count). The van der Waals surface area contributed by atoms with Gasteiger partial charge in [-0.1, -0.05) is 6.92 Å². The van der Waals surface area contributed by atoms with Crippen molar-refractivity contribution in [1.82, 2.24) is 4.98 Å². The fraction of sp³-hybridized carbons (Fsp3) is 0.400. The molecule has 0 radical (unpaired) electrons. The molecule has 1 saturated carbocycles. The molecule has 1 aromatic heterocycles. The average Bonchev–Trinajstić information content (AvgIpc) is 3.49. The van der Waals surface area contributed by atoms with Crippen molar-refractivity contribution < 1.29 is 19.0 Å². The van der Waals surface area contributed by atoms with E-state index in [9.17, 15) is 4.79 Å². The van der Waals surface area contributed by atoms with Gasteiger partial charge in [-0.2, -0.15) is 0 Å². The lowest BCUT2D eigenvalue weighted by Gasteiger charge is -2.09. The highest BCUT2D eigenvalue weighted by atomic mass is 16.6. The van der Waals surface area contributed by atoms with E-state index in [-0.39, 0.29) is 13.2 Å². The third-order valence-corrected chi connectivity index (χ3v) is 3.81. The number of ether oxygens (including phenoxy) is 3. The second-order valence-electron chi connectivity index (χ2n) is 6.15. The summed E-state index contributed by atoms with van der Waals surface area (Å²) in [5.41, 5.74) is 0.434. The van der Waals surface area contributed by atoms with Crippen LogP contribution in [-0.2, 0) is 4.74 Å². The molecule has 138 valence electrons. The zero-order valence-electron chi connectivity index (χ0n) is 14.9. The van der Waals surface area contributed by atoms with Crippen molar-refractivity contribution in [1.29, 1.82) is 0 Å². The zero-order chi connectivity index (χ0) is 18.2. The minimum absolute atomic E-state index is 0.176. The van der Waals surface area contributed by atoms with E-state index >= 15 is 0 Å². The Balaban J connectivity index is 1.36. The Morgan fingerprint density at radius 1 is 1.04 bits per heavy atom. The number of benzene rings is 1. The molecule has 0 aliphatic heterocycles. The fourth-order valence-electron chi connectivity index (χ4n) is 2.27. The first-order valence-electron chi connectivity index (χ1n) is 9.00. The van der Waals surface area contributed by atoms with Gasteiger partial charge >= 0.3 is 5.97 Å². The Hall–Kier alpha value is -2.76. The number of esters is 1. The molecule has 0 spiro atoms. The summed E-state index contributed by atoms with van der Waals surface area (Å²) in [6.07, 6.45) is 4.86. The van der Waals surface area contributed by atoms with Crippen LogP contribution in [0.1, 0.15) is 36.5 Å². The quantitative estimate of drug-likeness (QED) is 0.517. The first kappa shape index (κ1) is 18.0. The summed E-state index contributed by atoms with van der Waals surface area (Å²) in [6, 6.07) is 11.4. The van der Waals surface area contributed by atoms with Crippen LogP contribution in [0.3, 0.4) is 0 Å². The van der Waals surface area contributed by atoms with Crippen LogP contribution in [0.2, 0.25) is 0 Å². The number of nitrogens with one attached hydrogen (secondary N) is 1. The summed E-state index contributed by atoms with van der Waals surface area (Å²) in [6.45, 7) is 3.22. The summed E-state index contributed by atoms with van der Waals surface area (Å²) >= 11 is 0. The number of aromatic nitrogens is 1. The number of rotatable bonds is 10. The Morgan fingerprint density at radius 2 is 1.73 bits per heavy atom. The van der Waals surface area contributed by atoms with Crippen molar-refractivity contribution in [3.63, 3.8) is 0 Å². The van der Waals surface area contributed by atoms with E-state index in [2.05, 4.69) is 17.2 Å². The topological polar surface area (TPSA) is 69.7 Å². The molecule has 6 nitrogen and oxygen atoms in total. The van der Waals surface area contributed by atoms with Gasteiger partial charge in [0.1, 0.15) is 30.5 Å². The van der Waals surface area contributed by atoms with Gasteiger partial charge in [0.2, 0.25) is 0 Å². The number of hydrogen-bond donors (Lipinski definition) is 1. The standard InChI is InChI=1S/C20H24N2O4/c1-2-11-24-17-6-8-18(9-7-17)25-12-13-26-20(23)15-3-10-19(21-14-15)22-16-4-5-16/h3,6-10,14,16H,2,4-5,11-13H2,1H3,(H,21,22). The normalized spacial score (nSPS) is 13.1. The van der Waals surface area contributed by atoms with Gasteiger partial charge in [0.25, 0.3) is 0 Å². The number of pyridine rings is 1. The maximum absolute atomic E-state index is 12.0. The molecule has 26 heavy (non-hydrogen) atoms. The lowest BCUT2D eigenvalue weighted by Crippen LogP contribution is -2.13. The van der Waals surface area contributed by atoms with Crippen molar-refractivity contribution in [2.24, 2.45) is 0 Å². The second kappa shape index (κ2) is 9.08. The number of carbonyl (C=O) groups excluding carboxylic acids is 1. The van der Waals surface area contributed by atoms with Gasteiger partial charge in [-0.3, -0.25) is 0 Å². The minimum atomic E-state index is -0.401. The minimum Gasteiger partial charge on any atom is -0.494 e. The summed E-state index contributed by atoms with van der Waals surface area (Å²) < 4.78 is 16.3. The van der Waals surface area contributed by atoms with Crippen molar-refractivity contribution in [3.05, 3.63) is 48.2 Å². The monoisotopic (exact) mass is 356 g/mol. The van der Waals surface area contributed by atoms with Gasteiger partial charge in [-0.25, -0.2) is 9.78 Å². The van der Waals surface area contributed by atoms with Crippen LogP contribution < -0.4 is 14.8 Å². The first-order valence-corrected chi connectivity index (χ1v) is 9.00. The molecule has 6 heteroatoms. The number of anilines is 1. The summed E-state index contributed by atoms with van der Waals surface area (Å²) in [7, 11) is 0. The molecular weight excluding hydrogens is 332 g/mol. The van der Waals surface area contributed by atoms with E-state index in [1.807, 2.05) is 24.3 Å². The molecule has 1 heterocycles. The van der Waals surface area contributed by atoms with E-state index in [0.29, 0.717) is 24.0 Å². The van der Waals surface area contributed by atoms with Crippen molar-refractivity contribution in [2.45, 2.75) is 32.2 Å². The Bertz CT molecular complexity index is 697. The van der Waals surface area contributed by atoms with E-state index in [1.165, 1.54) is 19.0 Å². The third-order valence-electron chi connectivity index (χ3n) is 3.81. The lowest BCUT2D eigenvalue weighted by atomic mass is 10.3. The highest BCUT2D eigenvalue weighted by Crippen LogP contribution is 2.23. The predicted octanol–water partition coefficient (Wildman–Crippen LogP) is 3.68. The highest BCUT2D eigenvalue weighted by Gasteiger charge is 2.21. The smallest absolute Gasteiger partial charge is 0.339 e. The van der Waals surface area contributed by atoms with Crippen LogP contribution in [0.25, 0.3) is 0 Å². The van der Waals surface area contributed by atoms with E-state index in [4.69, 9.17) is 14.2 Å². The molecule has 1 aliphatic carbocycles. The van der Waals surface area contributed by atoms with E-state index in [1.54, 1.807) is 12.1 Å². The van der Waals surface area contributed by atoms with Gasteiger partial charge < -0.3 is 19.5 Å². The summed E-state index contributed by atoms with van der Waals surface area (Å²) in [4.78, 5) is 16.2. The van der Waals surface area contributed by atoms with Crippen LogP contribution in [-0.4, -0.2) is 36.8 Å². The second-order valence-corrected chi connectivity index (χ2v) is 6.15. The number of hydrogen-bond acceptors (Lipinski definition) is 6. The Kier molecular flexibility index (Phi) is 6.30. The number of nitrogens with zero attached hydrogens (tertiary/aromatic N) is 1. The number of carbonyl (C=O) groups is 1. The predicted molar refractivity (Wildman–Crippen MR) is 98.9 cm³/mol. The molecule has 0 saturated heterocycles. The van der Waals surface area contributed by atoms with Crippen LogP contribution in [0.15, 0.2) is 42.6 Å². The van der Waals surface area contributed by atoms with Crippen molar-refractivity contribution in [2.75, 3.05) is 25.1 Å². The van der Waals surface area contributed by atoms with Crippen LogP contribution in [0.4, 0.5) is 5.82 Å². The third kappa shape index (κ3) is 5.65. The SMILES string of the molecule is CCCOc1ccc(OCCOC(=O)c2ccc(NC3CC3)nc2)cc1. The molecule has 0 unspecified atom stereocenters. The van der Waals surface area contributed by atoms with E-state index < -0.39 is 5.97 Å². The molecule has 0 atom stereocenters. The van der Waals surface area contributed by atoms with Gasteiger partial charge in [-0.15, -0.1) is 0 Å². The Labute approximate surface area is 153 Å². The van der Waals surface area contributed by atoms with Crippen LogP contribution >= 0.6 is 0 Å². The molecular formula is C20H24N2O4. The molecule has 1 aliphatic rings. The molecule has 0 amide bonds. The molecule has 1 fully saturated rings. The molecule has 2 aromatic rings. The van der Waals surface area contributed by atoms with E-state index in [0.717, 1.165) is 18.0 Å². The maximum Gasteiger partial charge on any atom is 0.339 e. The molecule has 1 aromatic carbocycles. The van der Waals surface area contributed by atoms with Gasteiger partial charge in [0.15, 0.2) is 0 Å². The van der Waals surface area contributed by atoms with Crippen LogP contribution in [0, 0.1) is 0 Å². The maximum atomic E-state index is 12.0. The highest BCUT2D eigenvalue weighted by molar-refractivity contribution is 5.89. The zero-order valence-corrected chi connectivity index (χ0v) is 14.9. The average molecular weight is 356 g/mol. The Morgan fingerprint density at radius 3 is 2.31 bits per heavy atom. The van der Waals surface area contributed by atoms with Gasteiger partial charge in [-0.05, 0) is 55.7 Å². The van der Waals surface area contributed by atoms with Gasteiger partial charge in [0.05, 0.1) is 12.2 Å². The lowest BCUT2D eigenvalue weighted by molar-refractivity contribution is 0.0450. The largest absolute Gasteiger partial charge is 0.494 e. The van der Waals surface area contributed by atoms with Crippen molar-refractivity contribution >= 4 is 11.8 Å². The molecule has 0 bridgehead atoms. The van der Waals surface area contributed by atoms with Gasteiger partial charge in [0, 0.05) is 12.2 Å². The van der Waals surface area contributed by atoms with Crippen LogP contribution in [0.5, 0.6) is 11.5 Å². The van der Waals surface area contributed by atoms with Crippen molar-refractivity contribution in [3.8, 4) is 11.5 Å². The summed E-state index contributed by atoms with van der Waals surface area (Å²) in [5, 5.41) is 3.28.